The van der Waals surface area contributed by atoms with Crippen molar-refractivity contribution in [1.82, 2.24) is 0 Å². The Bertz CT molecular complexity index is 13.5. The van der Waals surface area contributed by atoms with E-state index in [1.165, 1.54) is 0 Å². The first kappa shape index (κ1) is 23.7. The van der Waals surface area contributed by atoms with E-state index in [-0.39, 0.29) is 138 Å². The summed E-state index contributed by atoms with van der Waals surface area (Å²) in [6.45, 7) is 0. The van der Waals surface area contributed by atoms with Gasteiger partial charge in [0.1, 0.15) is 0 Å². The van der Waals surface area contributed by atoms with Gasteiger partial charge < -0.3 is 2.85 Å². The zero-order valence-electron chi connectivity index (χ0n) is 4.32. The molecule has 0 aliphatic rings. The minimum atomic E-state index is 0. The molecule has 0 aliphatic carbocycles. The molecule has 0 atom stereocenters. The second-order valence-electron chi connectivity index (χ2n) is 0. The Morgan fingerprint density at radius 1 is 1.25 bits per heavy atom. The van der Waals surface area contributed by atoms with Crippen molar-refractivity contribution < 1.29 is 65.7 Å². The van der Waals surface area contributed by atoms with Gasteiger partial charge in [-0.2, -0.15) is 0 Å². The molecule has 0 saturated carbocycles. The Kier molecular flexibility index (Phi) is 92.8. The average Bonchev–Trinajstić information content (AvgIpc) is 0. The van der Waals surface area contributed by atoms with Crippen LogP contribution >= 0.6 is 0 Å². The molecule has 4 heavy (non-hydrogen) atoms. The zero-order valence-corrected chi connectivity index (χ0v) is 15.9. The molecule has 0 spiro atoms. The molecule has 0 N–H and O–H groups in total. The normalized spacial score (nSPS) is 0. The Morgan fingerprint density at radius 2 is 1.25 bits per heavy atom. The molecule has 0 aromatic rings. The molecule has 4 heteroatoms. The van der Waals surface area contributed by atoms with Gasteiger partial charge >= 0.3 is 72.8 Å². The predicted octanol–water partition coefficient (Wildman–Crippen LogP) is -1.07. The van der Waals surface area contributed by atoms with E-state index in [0.29, 0.717) is 0 Å². The van der Waals surface area contributed by atoms with Crippen molar-refractivity contribution in [3.8, 4) is 0 Å². The van der Waals surface area contributed by atoms with Crippen molar-refractivity contribution in [2.45, 2.75) is 0 Å². The Labute approximate surface area is 134 Å². The van der Waals surface area contributed by atoms with E-state index < -0.39 is 0 Å². The third kappa shape index (κ3) is 9.66. The van der Waals surface area contributed by atoms with Crippen molar-refractivity contribution >= 4 is 72.8 Å². The van der Waals surface area contributed by atoms with Crippen molar-refractivity contribution in [3.63, 3.8) is 0 Å². The van der Waals surface area contributed by atoms with Crippen LogP contribution < -0.4 is 0 Å². The van der Waals surface area contributed by atoms with Crippen LogP contribution in [0, 0.1) is 41.7 Å². The molecule has 2 radical (unpaired) electrons. The molecule has 0 aromatic heterocycles. The summed E-state index contributed by atoms with van der Waals surface area (Å²) in [5, 5.41) is 0. The van der Waals surface area contributed by atoms with Gasteiger partial charge in [0.2, 0.25) is 0 Å². The van der Waals surface area contributed by atoms with Crippen LogP contribution in [0.25, 0.3) is 0 Å². The molecule has 0 fully saturated rings. The van der Waals surface area contributed by atoms with Crippen LogP contribution in [0.2, 0.25) is 0 Å². The first-order valence-corrected chi connectivity index (χ1v) is 0. The van der Waals surface area contributed by atoms with E-state index in [0.717, 1.165) is 0 Å². The topological polar surface area (TPSA) is 0 Å². The van der Waals surface area contributed by atoms with E-state index in [1.54, 1.807) is 0 Å². The minimum absolute atomic E-state index is 0. The SMILES string of the molecule is [Ba+2].[Ce].[H-].[H-].[Mo].[SnH2]. The summed E-state index contributed by atoms with van der Waals surface area (Å²) in [6.07, 6.45) is 0. The second-order valence-corrected chi connectivity index (χ2v) is 0. The monoisotopic (exact) mass is 500 g/mol. The second kappa shape index (κ2) is 15.7. The standard InChI is InChI=1S/Ba.Ce.Mo.Sn.4H/q+2;;;;;;2*-1. The first-order valence-electron chi connectivity index (χ1n) is 0. The van der Waals surface area contributed by atoms with E-state index in [1.807, 2.05) is 0 Å². The summed E-state index contributed by atoms with van der Waals surface area (Å²) in [4.78, 5) is 0. The van der Waals surface area contributed by atoms with Gasteiger partial charge in [0.05, 0.1) is 0 Å². The van der Waals surface area contributed by atoms with Crippen LogP contribution in [-0.2, 0) is 21.1 Å². The maximum absolute atomic E-state index is 0. The molecule has 0 aliphatic heterocycles. The zero-order chi connectivity index (χ0) is 0. The summed E-state index contributed by atoms with van der Waals surface area (Å²) in [5.41, 5.74) is 0. The third-order valence-electron chi connectivity index (χ3n) is 0. The molecule has 0 saturated heterocycles. The molecule has 0 bridgehead atoms. The van der Waals surface area contributed by atoms with Crippen molar-refractivity contribution in [3.05, 3.63) is 0 Å². The van der Waals surface area contributed by atoms with Crippen molar-refractivity contribution in [2.75, 3.05) is 0 Å². The van der Waals surface area contributed by atoms with E-state index >= 15 is 0 Å². The van der Waals surface area contributed by atoms with Gasteiger partial charge in [-0.3, -0.25) is 0 Å². The van der Waals surface area contributed by atoms with Gasteiger partial charge in [0.25, 0.3) is 0 Å². The quantitative estimate of drug-likeness (QED) is 0.375. The van der Waals surface area contributed by atoms with Gasteiger partial charge in [0, 0.05) is 62.8 Å². The average molecular weight is 496 g/mol. The molecular weight excluding hydrogens is 492 g/mol. The Hall–Kier alpha value is 4.44. The summed E-state index contributed by atoms with van der Waals surface area (Å²) in [7, 11) is 0. The number of hydrogen-bond donors (Lipinski definition) is 0. The van der Waals surface area contributed by atoms with Gasteiger partial charge in [-0.15, -0.1) is 0 Å². The molecule has 20 valence electrons. The van der Waals surface area contributed by atoms with Crippen LogP contribution in [0.5, 0.6) is 0 Å². The fourth-order valence-corrected chi connectivity index (χ4v) is 0. The van der Waals surface area contributed by atoms with E-state index in [9.17, 15) is 0 Å². The van der Waals surface area contributed by atoms with Crippen LogP contribution in [0.4, 0.5) is 0 Å². The molecular formula is H4BaCeMoSn. The number of rotatable bonds is 0. The van der Waals surface area contributed by atoms with Crippen molar-refractivity contribution in [1.29, 1.82) is 0 Å². The van der Waals surface area contributed by atoms with Crippen LogP contribution in [0.3, 0.4) is 0 Å². The van der Waals surface area contributed by atoms with Gasteiger partial charge in [-0.1, -0.05) is 0 Å². The van der Waals surface area contributed by atoms with Crippen LogP contribution in [-0.4, -0.2) is 72.8 Å². The summed E-state index contributed by atoms with van der Waals surface area (Å²) in [5.74, 6) is 0. The number of hydrogen-bond acceptors (Lipinski definition) is 0. The van der Waals surface area contributed by atoms with Gasteiger partial charge in [0.15, 0.2) is 0 Å². The van der Waals surface area contributed by atoms with E-state index in [4.69, 9.17) is 0 Å². The fourth-order valence-electron chi connectivity index (χ4n) is 0. The summed E-state index contributed by atoms with van der Waals surface area (Å²) < 4.78 is 0. The molecule has 0 heterocycles. The van der Waals surface area contributed by atoms with E-state index in [2.05, 4.69) is 0 Å². The maximum atomic E-state index is 0. The molecule has 0 rings (SSSR count). The predicted molar refractivity (Wildman–Crippen MR) is 16.5 cm³/mol. The van der Waals surface area contributed by atoms with Crippen molar-refractivity contribution in [2.24, 2.45) is 0 Å². The Morgan fingerprint density at radius 3 is 1.25 bits per heavy atom. The van der Waals surface area contributed by atoms with Gasteiger partial charge in [-0.05, 0) is 0 Å². The molecule has 0 amide bonds. The molecule has 0 aromatic carbocycles. The van der Waals surface area contributed by atoms with Crippen LogP contribution in [0.15, 0.2) is 0 Å². The van der Waals surface area contributed by atoms with Gasteiger partial charge in [-0.25, -0.2) is 0 Å². The Balaban J connectivity index is 0. The molecule has 0 unspecified atom stereocenters. The molecule has 0 nitrogen and oxygen atoms in total. The summed E-state index contributed by atoms with van der Waals surface area (Å²) in [6, 6.07) is 0. The summed E-state index contributed by atoms with van der Waals surface area (Å²) >= 11 is 0. The van der Waals surface area contributed by atoms with Crippen LogP contribution in [0.1, 0.15) is 2.85 Å². The fraction of sp³-hybridized carbons (Fsp3) is 0. The first-order chi connectivity index (χ1) is 0. The third-order valence-corrected chi connectivity index (χ3v) is 0.